The van der Waals surface area contributed by atoms with Crippen LogP contribution in [0.4, 0.5) is 4.79 Å². The van der Waals surface area contributed by atoms with Crippen LogP contribution in [0.25, 0.3) is 21.6 Å². The molecular formula is C27H25N5O2S. The number of hydrogen-bond donors (Lipinski definition) is 0. The summed E-state index contributed by atoms with van der Waals surface area (Å²) in [6, 6.07) is 17.9. The van der Waals surface area contributed by atoms with Crippen LogP contribution in [0.5, 0.6) is 0 Å². The molecule has 1 saturated heterocycles. The molecule has 2 aliphatic rings. The SMILES string of the molecule is N#Cc1ccc2ncn(CC3CCC[C@]4(C3)CN(Cc3csc(-c5ccccc5)n3)C(=O)O4)c2c1. The minimum atomic E-state index is -0.438. The molecule has 1 unspecified atom stereocenters. The van der Waals surface area contributed by atoms with E-state index in [1.165, 1.54) is 0 Å². The van der Waals surface area contributed by atoms with Gasteiger partial charge >= 0.3 is 6.09 Å². The van der Waals surface area contributed by atoms with E-state index in [1.807, 2.05) is 42.0 Å². The molecule has 6 rings (SSSR count). The topological polar surface area (TPSA) is 84.0 Å². The molecule has 8 heteroatoms. The number of carbonyl (C=O) groups excluding carboxylic acids is 1. The molecule has 7 nitrogen and oxygen atoms in total. The van der Waals surface area contributed by atoms with Gasteiger partial charge in [-0.25, -0.2) is 14.8 Å². The standard InChI is InChI=1S/C27H25N5O2S/c28-13-19-8-9-23-24(11-19)32(18-29-23)14-20-5-4-10-27(12-20)17-31(26(33)34-27)15-22-16-35-25(30-22)21-6-2-1-3-7-21/h1-3,6-9,11,16,18,20H,4-5,10,12,14-15,17H2/t20?,27-/m0/s1. The van der Waals surface area contributed by atoms with Gasteiger partial charge in [-0.05, 0) is 49.8 Å². The van der Waals surface area contributed by atoms with Gasteiger partial charge in [-0.1, -0.05) is 30.3 Å². The Balaban J connectivity index is 1.14. The Morgan fingerprint density at radius 2 is 2.11 bits per heavy atom. The summed E-state index contributed by atoms with van der Waals surface area (Å²) in [6.07, 6.45) is 5.44. The fourth-order valence-electron chi connectivity index (χ4n) is 5.49. The van der Waals surface area contributed by atoms with Crippen LogP contribution in [0.2, 0.25) is 0 Å². The second-order valence-corrected chi connectivity index (χ2v) is 10.4. The van der Waals surface area contributed by atoms with Crippen molar-refractivity contribution >= 4 is 28.5 Å². The van der Waals surface area contributed by atoms with Crippen molar-refractivity contribution in [1.29, 1.82) is 5.26 Å². The number of fused-ring (bicyclic) bond motifs is 1. The number of thiazole rings is 1. The highest BCUT2D eigenvalue weighted by Crippen LogP contribution is 2.41. The number of rotatable bonds is 5. The minimum Gasteiger partial charge on any atom is -0.441 e. The van der Waals surface area contributed by atoms with Crippen LogP contribution in [-0.4, -0.2) is 37.7 Å². The number of amides is 1. The van der Waals surface area contributed by atoms with E-state index in [0.29, 0.717) is 24.6 Å². The Morgan fingerprint density at radius 3 is 2.97 bits per heavy atom. The Hall–Kier alpha value is -3.70. The van der Waals surface area contributed by atoms with Crippen LogP contribution >= 0.6 is 11.3 Å². The van der Waals surface area contributed by atoms with Crippen molar-refractivity contribution < 1.29 is 9.53 Å². The second kappa shape index (κ2) is 8.82. The highest BCUT2D eigenvalue weighted by atomic mass is 32.1. The van der Waals surface area contributed by atoms with Gasteiger partial charge in [0.15, 0.2) is 0 Å². The van der Waals surface area contributed by atoms with Gasteiger partial charge in [-0.15, -0.1) is 11.3 Å². The molecule has 3 heterocycles. The zero-order valence-electron chi connectivity index (χ0n) is 19.3. The lowest BCUT2D eigenvalue weighted by atomic mass is 9.78. The Morgan fingerprint density at radius 1 is 1.23 bits per heavy atom. The van der Waals surface area contributed by atoms with Gasteiger partial charge in [-0.2, -0.15) is 5.26 Å². The maximum atomic E-state index is 12.8. The molecule has 1 saturated carbocycles. The number of carbonyl (C=O) groups is 1. The van der Waals surface area contributed by atoms with Gasteiger partial charge in [-0.3, -0.25) is 4.90 Å². The van der Waals surface area contributed by atoms with Gasteiger partial charge in [0.1, 0.15) is 10.6 Å². The average molecular weight is 484 g/mol. The van der Waals surface area contributed by atoms with Crippen molar-refractivity contribution in [3.05, 3.63) is 71.5 Å². The summed E-state index contributed by atoms with van der Waals surface area (Å²) in [7, 11) is 0. The zero-order valence-corrected chi connectivity index (χ0v) is 20.1. The first kappa shape index (κ1) is 21.8. The molecule has 2 aromatic carbocycles. The van der Waals surface area contributed by atoms with E-state index in [2.05, 4.69) is 27.8 Å². The molecule has 1 spiro atoms. The quantitative estimate of drug-likeness (QED) is 0.368. The van der Waals surface area contributed by atoms with Crippen molar-refractivity contribution in [3.63, 3.8) is 0 Å². The third-order valence-electron chi connectivity index (χ3n) is 7.08. The zero-order chi connectivity index (χ0) is 23.8. The molecule has 0 N–H and O–H groups in total. The number of nitrogens with zero attached hydrogens (tertiary/aromatic N) is 5. The van der Waals surface area contributed by atoms with Gasteiger partial charge in [0, 0.05) is 17.5 Å². The van der Waals surface area contributed by atoms with Crippen molar-refractivity contribution in [2.45, 2.75) is 44.4 Å². The highest BCUT2D eigenvalue weighted by Gasteiger charge is 2.48. The third kappa shape index (κ3) is 4.28. The maximum Gasteiger partial charge on any atom is 0.410 e. The lowest BCUT2D eigenvalue weighted by Crippen LogP contribution is -2.40. The molecule has 0 bridgehead atoms. The van der Waals surface area contributed by atoms with E-state index in [0.717, 1.165) is 59.5 Å². The molecule has 1 aliphatic heterocycles. The van der Waals surface area contributed by atoms with Crippen molar-refractivity contribution in [1.82, 2.24) is 19.4 Å². The summed E-state index contributed by atoms with van der Waals surface area (Å²) in [5, 5.41) is 12.3. The van der Waals surface area contributed by atoms with Crippen LogP contribution in [0, 0.1) is 17.2 Å². The first-order valence-electron chi connectivity index (χ1n) is 11.9. The number of nitriles is 1. The number of ether oxygens (including phenoxy) is 1. The molecule has 1 aliphatic carbocycles. The molecule has 1 amide bonds. The Kier molecular flexibility index (Phi) is 5.50. The lowest BCUT2D eigenvalue weighted by molar-refractivity contribution is 0.00415. The van der Waals surface area contributed by atoms with Crippen molar-refractivity contribution in [2.75, 3.05) is 6.54 Å². The summed E-state index contributed by atoms with van der Waals surface area (Å²) in [5.74, 6) is 0.378. The number of imidazole rings is 1. The van der Waals surface area contributed by atoms with E-state index in [9.17, 15) is 10.1 Å². The second-order valence-electron chi connectivity index (χ2n) is 9.59. The monoisotopic (exact) mass is 483 g/mol. The largest absolute Gasteiger partial charge is 0.441 e. The van der Waals surface area contributed by atoms with E-state index in [-0.39, 0.29) is 6.09 Å². The normalized spacial score (nSPS) is 22.0. The summed E-state index contributed by atoms with van der Waals surface area (Å²) in [6.45, 7) is 1.87. The summed E-state index contributed by atoms with van der Waals surface area (Å²) in [4.78, 5) is 23.9. The predicted octanol–water partition coefficient (Wildman–Crippen LogP) is 5.61. The van der Waals surface area contributed by atoms with Crippen LogP contribution in [0.3, 0.4) is 0 Å². The summed E-state index contributed by atoms with van der Waals surface area (Å²) < 4.78 is 8.17. The average Bonchev–Trinajstić information content (AvgIpc) is 3.58. The molecular weight excluding hydrogens is 458 g/mol. The molecule has 2 atom stereocenters. The Bertz CT molecular complexity index is 1420. The van der Waals surface area contributed by atoms with Crippen LogP contribution in [0.15, 0.2) is 60.2 Å². The van der Waals surface area contributed by atoms with Crippen molar-refractivity contribution in [2.24, 2.45) is 5.92 Å². The van der Waals surface area contributed by atoms with E-state index in [1.54, 1.807) is 22.3 Å². The molecule has 176 valence electrons. The van der Waals surface area contributed by atoms with E-state index >= 15 is 0 Å². The number of benzene rings is 2. The molecule has 0 radical (unpaired) electrons. The predicted molar refractivity (Wildman–Crippen MR) is 134 cm³/mol. The van der Waals surface area contributed by atoms with Crippen LogP contribution < -0.4 is 0 Å². The van der Waals surface area contributed by atoms with Gasteiger partial charge in [0.05, 0.1) is 47.8 Å². The number of aromatic nitrogens is 3. The van der Waals surface area contributed by atoms with Gasteiger partial charge in [0.25, 0.3) is 0 Å². The molecule has 4 aromatic rings. The third-order valence-corrected chi connectivity index (χ3v) is 8.02. The molecule has 2 fully saturated rings. The van der Waals surface area contributed by atoms with Gasteiger partial charge in [0.2, 0.25) is 0 Å². The summed E-state index contributed by atoms with van der Waals surface area (Å²) in [5.41, 5.74) is 4.06. The van der Waals surface area contributed by atoms with Crippen LogP contribution in [0.1, 0.15) is 36.9 Å². The fourth-order valence-corrected chi connectivity index (χ4v) is 6.31. The van der Waals surface area contributed by atoms with Crippen molar-refractivity contribution in [3.8, 4) is 16.6 Å². The number of hydrogen-bond acceptors (Lipinski definition) is 6. The molecule has 2 aromatic heterocycles. The van der Waals surface area contributed by atoms with Crippen LogP contribution in [-0.2, 0) is 17.8 Å². The first-order valence-corrected chi connectivity index (χ1v) is 12.8. The van der Waals surface area contributed by atoms with E-state index in [4.69, 9.17) is 9.72 Å². The first-order chi connectivity index (χ1) is 17.1. The maximum absolute atomic E-state index is 12.8. The Labute approximate surface area is 207 Å². The smallest absolute Gasteiger partial charge is 0.410 e. The van der Waals surface area contributed by atoms with Gasteiger partial charge < -0.3 is 9.30 Å². The van der Waals surface area contributed by atoms with E-state index < -0.39 is 5.60 Å². The molecule has 35 heavy (non-hydrogen) atoms. The highest BCUT2D eigenvalue weighted by molar-refractivity contribution is 7.13. The summed E-state index contributed by atoms with van der Waals surface area (Å²) >= 11 is 1.60. The lowest BCUT2D eigenvalue weighted by Gasteiger charge is -2.36. The fraction of sp³-hybridized carbons (Fsp3) is 0.333. The minimum absolute atomic E-state index is 0.244.